The zero-order chi connectivity index (χ0) is 30.2. The van der Waals surface area contributed by atoms with Gasteiger partial charge in [-0.25, -0.2) is 9.59 Å². The Bertz CT molecular complexity index is 1110. The van der Waals surface area contributed by atoms with Crippen LogP contribution in [0.25, 0.3) is 0 Å². The normalized spacial score (nSPS) is 36.4. The summed E-state index contributed by atoms with van der Waals surface area (Å²) in [6.07, 6.45) is 6.44. The summed E-state index contributed by atoms with van der Waals surface area (Å²) in [6.45, 7) is 10.9. The summed E-state index contributed by atoms with van der Waals surface area (Å²) in [7, 11) is 0. The summed E-state index contributed by atoms with van der Waals surface area (Å²) < 4.78 is 21.7. The van der Waals surface area contributed by atoms with Gasteiger partial charge >= 0.3 is 12.3 Å². The van der Waals surface area contributed by atoms with Crippen LogP contribution in [0.5, 0.6) is 0 Å². The molecule has 1 N–H and O–H groups in total. The number of ether oxygens (including phenoxy) is 4. The van der Waals surface area contributed by atoms with Gasteiger partial charge in [0.2, 0.25) is 5.78 Å². The van der Waals surface area contributed by atoms with Crippen LogP contribution in [0, 0.1) is 34.5 Å². The lowest BCUT2D eigenvalue weighted by Gasteiger charge is -2.59. The van der Waals surface area contributed by atoms with E-state index in [4.69, 9.17) is 18.9 Å². The molecule has 0 aromatic carbocycles. The molecular weight excluding hydrogens is 528 g/mol. The number of allylic oxidation sites excluding steroid dienone is 4. The quantitative estimate of drug-likeness (QED) is 0.344. The monoisotopic (exact) mass is 574 g/mol. The van der Waals surface area contributed by atoms with Crippen LogP contribution in [-0.4, -0.2) is 60.0 Å². The second-order valence-corrected chi connectivity index (χ2v) is 13.3. The number of aliphatic hydroxyl groups is 1. The number of hydrogen-bond donors (Lipinski definition) is 1. The van der Waals surface area contributed by atoms with E-state index in [2.05, 4.69) is 13.8 Å². The van der Waals surface area contributed by atoms with E-state index < -0.39 is 53.3 Å². The lowest BCUT2D eigenvalue weighted by Crippen LogP contribution is -2.63. The van der Waals surface area contributed by atoms with Gasteiger partial charge in [0.05, 0.1) is 18.8 Å². The lowest BCUT2D eigenvalue weighted by molar-refractivity contribution is -0.184. The highest BCUT2D eigenvalue weighted by molar-refractivity contribution is 6.01. The number of rotatable bonds is 9. The zero-order valence-electron chi connectivity index (χ0n) is 25.3. The van der Waals surface area contributed by atoms with E-state index in [0.29, 0.717) is 6.42 Å². The average molecular weight is 575 g/mol. The van der Waals surface area contributed by atoms with Crippen molar-refractivity contribution in [3.63, 3.8) is 0 Å². The highest BCUT2D eigenvalue weighted by atomic mass is 16.7. The topological polar surface area (TPSA) is 125 Å². The molecule has 4 rings (SSSR count). The molecule has 0 amide bonds. The van der Waals surface area contributed by atoms with Crippen molar-refractivity contribution in [2.75, 3.05) is 13.2 Å². The van der Waals surface area contributed by atoms with Crippen LogP contribution in [0.4, 0.5) is 9.59 Å². The van der Waals surface area contributed by atoms with Crippen LogP contribution in [0.3, 0.4) is 0 Å². The first-order valence-corrected chi connectivity index (χ1v) is 15.1. The number of aliphatic hydroxyl groups excluding tert-OH is 1. The van der Waals surface area contributed by atoms with Gasteiger partial charge in [0.15, 0.2) is 18.0 Å². The Labute approximate surface area is 243 Å². The maximum absolute atomic E-state index is 14.0. The van der Waals surface area contributed by atoms with Crippen LogP contribution in [-0.2, 0) is 28.5 Å². The first-order valence-electron chi connectivity index (χ1n) is 15.1. The second kappa shape index (κ2) is 11.9. The van der Waals surface area contributed by atoms with Crippen LogP contribution in [0.2, 0.25) is 0 Å². The summed E-state index contributed by atoms with van der Waals surface area (Å²) in [5.74, 6) is -0.591. The summed E-state index contributed by atoms with van der Waals surface area (Å²) in [5.41, 5.74) is -1.99. The van der Waals surface area contributed by atoms with E-state index in [-0.39, 0.29) is 48.9 Å². The smallest absolute Gasteiger partial charge is 0.434 e. The van der Waals surface area contributed by atoms with Gasteiger partial charge in [-0.2, -0.15) is 0 Å². The van der Waals surface area contributed by atoms with E-state index in [1.54, 1.807) is 26.0 Å². The number of carbonyl (C=O) groups excluding carboxylic acids is 4. The molecule has 9 nitrogen and oxygen atoms in total. The third-order valence-electron chi connectivity index (χ3n) is 10.2. The Morgan fingerprint density at radius 2 is 1.83 bits per heavy atom. The lowest BCUT2D eigenvalue weighted by atomic mass is 9.46. The van der Waals surface area contributed by atoms with Crippen molar-refractivity contribution in [1.82, 2.24) is 0 Å². The predicted molar refractivity (Wildman–Crippen MR) is 150 cm³/mol. The Hall–Kier alpha value is -2.68. The maximum atomic E-state index is 14.0. The highest BCUT2D eigenvalue weighted by Crippen LogP contribution is 2.68. The van der Waals surface area contributed by atoms with Crippen LogP contribution in [0.15, 0.2) is 23.8 Å². The Morgan fingerprint density at radius 1 is 1.10 bits per heavy atom. The van der Waals surface area contributed by atoms with Crippen molar-refractivity contribution in [1.29, 1.82) is 0 Å². The van der Waals surface area contributed by atoms with Crippen molar-refractivity contribution in [3.05, 3.63) is 23.8 Å². The molecule has 0 aromatic heterocycles. The molecule has 8 atom stereocenters. The molecule has 0 aliphatic heterocycles. The summed E-state index contributed by atoms with van der Waals surface area (Å²) in [6, 6.07) is 0. The Morgan fingerprint density at radius 3 is 2.51 bits per heavy atom. The van der Waals surface area contributed by atoms with Crippen molar-refractivity contribution < 1.29 is 43.2 Å². The van der Waals surface area contributed by atoms with E-state index in [1.165, 1.54) is 0 Å². The standard InChI is InChI=1S/C32H46O9/c1-7-8-20(4)17-38-29(37)41-32(26(35)18-39-28(36)40-19(2)3)14-12-24-23-10-9-21-15-22(33)11-13-30(21,5)27(23)25(34)16-31(24,32)6/h11,13,15,19-20,23-25,27,34H,7-10,12,14,16-18H2,1-6H3/t20?,23-,24-,25?,27+,30-,31-,32-/m0/s1. The second-order valence-electron chi connectivity index (χ2n) is 13.3. The summed E-state index contributed by atoms with van der Waals surface area (Å²) in [5, 5.41) is 11.8. The third kappa shape index (κ3) is 5.71. The summed E-state index contributed by atoms with van der Waals surface area (Å²) in [4.78, 5) is 51.4. The molecule has 0 heterocycles. The van der Waals surface area contributed by atoms with Gasteiger partial charge in [0, 0.05) is 16.7 Å². The van der Waals surface area contributed by atoms with Gasteiger partial charge < -0.3 is 24.1 Å². The zero-order valence-corrected chi connectivity index (χ0v) is 25.3. The Kier molecular flexibility index (Phi) is 9.07. The minimum Gasteiger partial charge on any atom is -0.434 e. The number of ketones is 2. The van der Waals surface area contributed by atoms with Crippen molar-refractivity contribution >= 4 is 23.9 Å². The van der Waals surface area contributed by atoms with Crippen LogP contribution >= 0.6 is 0 Å². The molecule has 3 fully saturated rings. The van der Waals surface area contributed by atoms with Gasteiger partial charge in [0.1, 0.15) is 0 Å². The van der Waals surface area contributed by atoms with Crippen molar-refractivity contribution in [3.8, 4) is 0 Å². The molecule has 0 saturated heterocycles. The minimum atomic E-state index is -1.64. The third-order valence-corrected chi connectivity index (χ3v) is 10.2. The molecule has 228 valence electrons. The fourth-order valence-corrected chi connectivity index (χ4v) is 8.42. The number of Topliss-reactive ketones (excluding diaryl/α,β-unsaturated/α-hetero) is 1. The minimum absolute atomic E-state index is 0.0345. The molecule has 0 radical (unpaired) electrons. The fraction of sp³-hybridized carbons (Fsp3) is 0.750. The number of hydrogen-bond acceptors (Lipinski definition) is 9. The highest BCUT2D eigenvalue weighted by Gasteiger charge is 2.70. The van der Waals surface area contributed by atoms with Gasteiger partial charge in [-0.15, -0.1) is 0 Å². The van der Waals surface area contributed by atoms with E-state index in [0.717, 1.165) is 31.3 Å². The van der Waals surface area contributed by atoms with E-state index in [9.17, 15) is 24.3 Å². The number of carbonyl (C=O) groups is 4. The predicted octanol–water partition coefficient (Wildman–Crippen LogP) is 5.72. The molecule has 3 saturated carbocycles. The molecule has 0 bridgehead atoms. The van der Waals surface area contributed by atoms with Crippen LogP contribution < -0.4 is 0 Å². The van der Waals surface area contributed by atoms with E-state index >= 15 is 0 Å². The first-order chi connectivity index (χ1) is 19.3. The number of fused-ring (bicyclic) bond motifs is 5. The van der Waals surface area contributed by atoms with Crippen LogP contribution in [0.1, 0.15) is 86.5 Å². The summed E-state index contributed by atoms with van der Waals surface area (Å²) >= 11 is 0. The molecule has 0 spiro atoms. The van der Waals surface area contributed by atoms with Gasteiger partial charge in [-0.05, 0) is 82.3 Å². The fourth-order valence-electron chi connectivity index (χ4n) is 8.42. The largest absolute Gasteiger partial charge is 0.509 e. The van der Waals surface area contributed by atoms with Crippen molar-refractivity contribution in [2.45, 2.75) is 104 Å². The molecule has 0 aromatic rings. The van der Waals surface area contributed by atoms with Gasteiger partial charge in [-0.3, -0.25) is 9.59 Å². The average Bonchev–Trinajstić information content (AvgIpc) is 3.18. The van der Waals surface area contributed by atoms with Gasteiger partial charge in [0.25, 0.3) is 0 Å². The molecule has 4 aliphatic carbocycles. The Balaban J connectivity index is 1.63. The van der Waals surface area contributed by atoms with E-state index in [1.807, 2.05) is 19.9 Å². The van der Waals surface area contributed by atoms with Gasteiger partial charge in [-0.1, -0.05) is 45.8 Å². The molecule has 9 heteroatoms. The molecule has 4 aliphatic rings. The molecule has 2 unspecified atom stereocenters. The molecule has 41 heavy (non-hydrogen) atoms. The maximum Gasteiger partial charge on any atom is 0.509 e. The SMILES string of the molecule is CCCC(C)COC(=O)O[C@]1(C(=O)COC(=O)OC(C)C)CC[C@H]2[C@@H]3CCC4=CC(=O)C=C[C@]4(C)[C@H]3C(O)C[C@@]21C. The molecular formula is C32H46O9. The van der Waals surface area contributed by atoms with Crippen molar-refractivity contribution in [2.24, 2.45) is 34.5 Å². The first kappa shape index (κ1) is 31.3.